The van der Waals surface area contributed by atoms with E-state index in [1.807, 2.05) is 6.92 Å². The number of alkyl halides is 1. The van der Waals surface area contributed by atoms with Gasteiger partial charge in [-0.1, -0.05) is 0 Å². The molecule has 0 aliphatic carbocycles. The van der Waals surface area contributed by atoms with Gasteiger partial charge in [0.2, 0.25) is 0 Å². The number of hydrogen-bond donors (Lipinski definition) is 0. The highest BCUT2D eigenvalue weighted by Gasteiger charge is 2.35. The van der Waals surface area contributed by atoms with Gasteiger partial charge in [0, 0.05) is 24.3 Å². The molecule has 98 valence electrons. The van der Waals surface area contributed by atoms with Gasteiger partial charge in [0.05, 0.1) is 18.1 Å². The number of aromatic nitrogens is 1. The predicted molar refractivity (Wildman–Crippen MR) is 73.4 cm³/mol. The van der Waals surface area contributed by atoms with Gasteiger partial charge in [-0.2, -0.15) is 0 Å². The highest BCUT2D eigenvalue weighted by Crippen LogP contribution is 2.32. The fourth-order valence-corrected chi connectivity index (χ4v) is 3.39. The number of ether oxygens (including phenoxy) is 1. The smallest absolute Gasteiger partial charge is 0.133 e. The molecule has 1 aromatic heterocycles. The van der Waals surface area contributed by atoms with Crippen LogP contribution in [0.25, 0.3) is 0 Å². The first-order valence-corrected chi connectivity index (χ1v) is 7.14. The first kappa shape index (κ1) is 12.2. The molecule has 2 aliphatic heterocycles. The Bertz CT molecular complexity index is 451. The van der Waals surface area contributed by atoms with Crippen molar-refractivity contribution in [3.8, 4) is 0 Å². The quantitative estimate of drug-likeness (QED) is 0.770. The van der Waals surface area contributed by atoms with E-state index in [1.54, 1.807) is 0 Å². The van der Waals surface area contributed by atoms with Crippen LogP contribution in [0.1, 0.15) is 29.7 Å². The highest BCUT2D eigenvalue weighted by molar-refractivity contribution is 6.17. The lowest BCUT2D eigenvalue weighted by Gasteiger charge is -2.34. The summed E-state index contributed by atoms with van der Waals surface area (Å²) < 4.78 is 5.88. The Morgan fingerprint density at radius 3 is 2.61 bits per heavy atom. The van der Waals surface area contributed by atoms with E-state index in [0.29, 0.717) is 18.1 Å². The number of hydrogen-bond acceptors (Lipinski definition) is 3. The molecule has 4 heteroatoms. The molecule has 0 amide bonds. The van der Waals surface area contributed by atoms with Gasteiger partial charge in [-0.15, -0.1) is 11.6 Å². The third-order valence-electron chi connectivity index (χ3n) is 3.93. The van der Waals surface area contributed by atoms with Crippen LogP contribution in [0.15, 0.2) is 6.07 Å². The molecule has 2 fully saturated rings. The molecule has 2 aliphatic rings. The van der Waals surface area contributed by atoms with E-state index in [-0.39, 0.29) is 0 Å². The fourth-order valence-electron chi connectivity index (χ4n) is 3.06. The van der Waals surface area contributed by atoms with Crippen LogP contribution in [0, 0.1) is 13.8 Å². The first-order chi connectivity index (χ1) is 8.67. The summed E-state index contributed by atoms with van der Waals surface area (Å²) in [5, 5.41) is 0. The normalized spacial score (nSPS) is 26.7. The van der Waals surface area contributed by atoms with E-state index >= 15 is 0 Å². The Kier molecular flexibility index (Phi) is 3.20. The lowest BCUT2D eigenvalue weighted by Crippen LogP contribution is -2.43. The maximum Gasteiger partial charge on any atom is 0.133 e. The van der Waals surface area contributed by atoms with Crippen LogP contribution in [0.2, 0.25) is 0 Å². The zero-order valence-corrected chi connectivity index (χ0v) is 11.7. The second kappa shape index (κ2) is 4.71. The number of pyridine rings is 1. The second-order valence-electron chi connectivity index (χ2n) is 5.38. The largest absolute Gasteiger partial charge is 0.371 e. The summed E-state index contributed by atoms with van der Waals surface area (Å²) in [5.41, 5.74) is 3.48. The van der Waals surface area contributed by atoms with Crippen molar-refractivity contribution in [2.75, 3.05) is 18.0 Å². The summed E-state index contributed by atoms with van der Waals surface area (Å²) in [5.74, 6) is 1.60. The van der Waals surface area contributed by atoms with E-state index in [1.165, 1.54) is 24.0 Å². The number of fused-ring (bicyclic) bond motifs is 2. The van der Waals surface area contributed by atoms with Gasteiger partial charge in [-0.3, -0.25) is 0 Å². The van der Waals surface area contributed by atoms with E-state index in [9.17, 15) is 0 Å². The number of rotatable bonds is 2. The topological polar surface area (TPSA) is 25.4 Å². The summed E-state index contributed by atoms with van der Waals surface area (Å²) in [6.45, 7) is 6.07. The molecule has 3 rings (SSSR count). The molecular weight excluding hydrogens is 248 g/mol. The lowest BCUT2D eigenvalue weighted by atomic mass is 10.1. The van der Waals surface area contributed by atoms with Crippen molar-refractivity contribution in [1.29, 1.82) is 0 Å². The Morgan fingerprint density at radius 2 is 2.00 bits per heavy atom. The average molecular weight is 267 g/mol. The molecule has 0 spiro atoms. The minimum absolute atomic E-state index is 0.384. The molecule has 2 bridgehead atoms. The molecule has 18 heavy (non-hydrogen) atoms. The van der Waals surface area contributed by atoms with Gasteiger partial charge < -0.3 is 9.64 Å². The van der Waals surface area contributed by atoms with Crippen molar-refractivity contribution in [3.05, 3.63) is 22.9 Å². The minimum atomic E-state index is 0.384. The second-order valence-corrected chi connectivity index (χ2v) is 5.65. The van der Waals surface area contributed by atoms with Gasteiger partial charge >= 0.3 is 0 Å². The molecule has 2 unspecified atom stereocenters. The maximum absolute atomic E-state index is 6.10. The maximum atomic E-state index is 6.10. The van der Waals surface area contributed by atoms with E-state index in [4.69, 9.17) is 21.3 Å². The van der Waals surface area contributed by atoms with Crippen LogP contribution in [-0.4, -0.2) is 30.3 Å². The van der Waals surface area contributed by atoms with Crippen LogP contribution in [0.5, 0.6) is 0 Å². The zero-order chi connectivity index (χ0) is 12.7. The van der Waals surface area contributed by atoms with Gasteiger partial charge in [-0.05, 0) is 38.3 Å². The Balaban J connectivity index is 1.96. The van der Waals surface area contributed by atoms with Crippen LogP contribution in [0.4, 0.5) is 5.82 Å². The van der Waals surface area contributed by atoms with E-state index in [0.717, 1.165) is 24.6 Å². The summed E-state index contributed by atoms with van der Waals surface area (Å²) in [7, 11) is 0. The van der Waals surface area contributed by atoms with Gasteiger partial charge in [-0.25, -0.2) is 4.98 Å². The molecule has 0 N–H and O–H groups in total. The molecule has 2 saturated heterocycles. The number of morpholine rings is 1. The molecule has 2 atom stereocenters. The summed E-state index contributed by atoms with van der Waals surface area (Å²) in [6, 6.07) is 2.11. The SMILES string of the molecule is Cc1cc(C)c(CCl)c(N2CC3CCC(C2)O3)n1. The number of anilines is 1. The fraction of sp³-hybridized carbons (Fsp3) is 0.643. The lowest BCUT2D eigenvalue weighted by molar-refractivity contribution is 0.0301. The Labute approximate surface area is 113 Å². The summed E-state index contributed by atoms with van der Waals surface area (Å²) in [4.78, 5) is 7.08. The number of halogens is 1. The van der Waals surface area contributed by atoms with Gasteiger partial charge in [0.25, 0.3) is 0 Å². The van der Waals surface area contributed by atoms with Crippen molar-refractivity contribution >= 4 is 17.4 Å². The molecule has 0 saturated carbocycles. The third-order valence-corrected chi connectivity index (χ3v) is 4.20. The molecule has 3 heterocycles. The summed E-state index contributed by atoms with van der Waals surface area (Å²) in [6.07, 6.45) is 3.13. The van der Waals surface area contributed by atoms with E-state index < -0.39 is 0 Å². The van der Waals surface area contributed by atoms with Crippen molar-refractivity contribution in [3.63, 3.8) is 0 Å². The van der Waals surface area contributed by atoms with Crippen molar-refractivity contribution in [2.45, 2.75) is 44.8 Å². The van der Waals surface area contributed by atoms with Crippen LogP contribution < -0.4 is 4.90 Å². The molecular formula is C14H19ClN2O. The average Bonchev–Trinajstić information content (AvgIpc) is 2.67. The van der Waals surface area contributed by atoms with Crippen molar-refractivity contribution in [2.24, 2.45) is 0 Å². The Morgan fingerprint density at radius 1 is 1.33 bits per heavy atom. The third kappa shape index (κ3) is 2.10. The minimum Gasteiger partial charge on any atom is -0.371 e. The van der Waals surface area contributed by atoms with Crippen molar-refractivity contribution in [1.82, 2.24) is 4.98 Å². The molecule has 0 aromatic carbocycles. The van der Waals surface area contributed by atoms with Crippen LogP contribution in [0.3, 0.4) is 0 Å². The van der Waals surface area contributed by atoms with Crippen molar-refractivity contribution < 1.29 is 4.74 Å². The number of aryl methyl sites for hydroxylation is 2. The van der Waals surface area contributed by atoms with Crippen LogP contribution >= 0.6 is 11.6 Å². The van der Waals surface area contributed by atoms with Gasteiger partial charge in [0.15, 0.2) is 0 Å². The predicted octanol–water partition coefficient (Wildman–Crippen LogP) is 2.80. The molecule has 0 radical (unpaired) electrons. The zero-order valence-electron chi connectivity index (χ0n) is 10.9. The monoisotopic (exact) mass is 266 g/mol. The standard InChI is InChI=1S/C14H19ClN2O/c1-9-5-10(2)16-14(13(9)6-15)17-7-11-3-4-12(8-17)18-11/h5,11-12H,3-4,6-8H2,1-2H3. The van der Waals surface area contributed by atoms with E-state index in [2.05, 4.69) is 17.9 Å². The van der Waals surface area contributed by atoms with Gasteiger partial charge in [0.1, 0.15) is 5.82 Å². The van der Waals surface area contributed by atoms with Crippen LogP contribution in [-0.2, 0) is 10.6 Å². The summed E-state index contributed by atoms with van der Waals surface area (Å²) >= 11 is 6.10. The molecule has 1 aromatic rings. The Hall–Kier alpha value is -0.800. The highest BCUT2D eigenvalue weighted by atomic mass is 35.5. The first-order valence-electron chi connectivity index (χ1n) is 6.61. The number of nitrogens with zero attached hydrogens (tertiary/aromatic N) is 2. The molecule has 3 nitrogen and oxygen atoms in total.